The standard InChI is InChI=1S/C14H21NO4/c1-8(4-5-16)7-15-13(17)11-9-2-3-10(6-9)12(11)14(18)19/h2-3,8-12,16H,4-7H2,1H3,(H,15,17)(H,18,19)/t8?,9?,10?,11-,12+/m0/s1. The quantitative estimate of drug-likeness (QED) is 0.616. The summed E-state index contributed by atoms with van der Waals surface area (Å²) < 4.78 is 0. The Balaban J connectivity index is 1.95. The van der Waals surface area contributed by atoms with Gasteiger partial charge in [0.2, 0.25) is 5.91 Å². The van der Waals surface area contributed by atoms with E-state index in [4.69, 9.17) is 5.11 Å². The number of aliphatic hydroxyl groups excluding tert-OH is 1. The third-order valence-electron chi connectivity index (χ3n) is 4.29. The zero-order valence-corrected chi connectivity index (χ0v) is 11.1. The van der Waals surface area contributed by atoms with Crippen molar-refractivity contribution in [3.63, 3.8) is 0 Å². The number of amides is 1. The van der Waals surface area contributed by atoms with Crippen LogP contribution in [-0.4, -0.2) is 35.2 Å². The van der Waals surface area contributed by atoms with Crippen molar-refractivity contribution >= 4 is 11.9 Å². The number of rotatable bonds is 6. The zero-order valence-electron chi connectivity index (χ0n) is 11.1. The maximum atomic E-state index is 12.2. The van der Waals surface area contributed by atoms with Gasteiger partial charge in [-0.25, -0.2) is 0 Å². The van der Waals surface area contributed by atoms with Crippen molar-refractivity contribution in [2.45, 2.75) is 19.8 Å². The molecule has 0 heterocycles. The predicted molar refractivity (Wildman–Crippen MR) is 69.2 cm³/mol. The number of fused-ring (bicyclic) bond motifs is 2. The van der Waals surface area contributed by atoms with E-state index in [9.17, 15) is 14.7 Å². The third-order valence-corrected chi connectivity index (χ3v) is 4.29. The Hall–Kier alpha value is -1.36. The van der Waals surface area contributed by atoms with Crippen LogP contribution in [0.5, 0.6) is 0 Å². The second-order valence-corrected chi connectivity index (χ2v) is 5.70. The third kappa shape index (κ3) is 2.81. The normalized spacial score (nSPS) is 33.4. The van der Waals surface area contributed by atoms with Crippen molar-refractivity contribution in [1.82, 2.24) is 5.32 Å². The summed E-state index contributed by atoms with van der Waals surface area (Å²) in [5.41, 5.74) is 0. The second kappa shape index (κ2) is 5.74. The van der Waals surface area contributed by atoms with Crippen LogP contribution in [0.2, 0.25) is 0 Å². The zero-order chi connectivity index (χ0) is 14.0. The minimum atomic E-state index is -0.875. The van der Waals surface area contributed by atoms with E-state index in [1.165, 1.54) is 0 Å². The van der Waals surface area contributed by atoms with Crippen molar-refractivity contribution in [2.24, 2.45) is 29.6 Å². The smallest absolute Gasteiger partial charge is 0.307 e. The Labute approximate surface area is 112 Å². The first-order valence-corrected chi connectivity index (χ1v) is 6.84. The molecule has 0 saturated heterocycles. The molecule has 0 aliphatic heterocycles. The van der Waals surface area contributed by atoms with E-state index in [1.54, 1.807) is 0 Å². The largest absolute Gasteiger partial charge is 0.481 e. The van der Waals surface area contributed by atoms with Gasteiger partial charge in [-0.1, -0.05) is 19.1 Å². The number of aliphatic hydroxyl groups is 1. The van der Waals surface area contributed by atoms with Crippen LogP contribution in [0.3, 0.4) is 0 Å². The van der Waals surface area contributed by atoms with Gasteiger partial charge >= 0.3 is 5.97 Å². The van der Waals surface area contributed by atoms with Crippen molar-refractivity contribution in [1.29, 1.82) is 0 Å². The van der Waals surface area contributed by atoms with Gasteiger partial charge in [0.15, 0.2) is 0 Å². The summed E-state index contributed by atoms with van der Waals surface area (Å²) in [6.45, 7) is 2.54. The maximum absolute atomic E-state index is 12.2. The summed E-state index contributed by atoms with van der Waals surface area (Å²) in [7, 11) is 0. The Morgan fingerprint density at radius 1 is 1.32 bits per heavy atom. The number of aliphatic carboxylic acids is 1. The van der Waals surface area contributed by atoms with Crippen LogP contribution in [0.15, 0.2) is 12.2 Å². The van der Waals surface area contributed by atoms with E-state index >= 15 is 0 Å². The van der Waals surface area contributed by atoms with Crippen LogP contribution in [0.4, 0.5) is 0 Å². The summed E-state index contributed by atoms with van der Waals surface area (Å²) in [6.07, 6.45) is 5.33. The molecule has 5 nitrogen and oxygen atoms in total. The highest BCUT2D eigenvalue weighted by atomic mass is 16.4. The number of carboxylic acid groups (broad SMARTS) is 1. The van der Waals surface area contributed by atoms with Gasteiger partial charge in [0.25, 0.3) is 0 Å². The molecule has 2 rings (SSSR count). The lowest BCUT2D eigenvalue weighted by molar-refractivity contribution is -0.147. The van der Waals surface area contributed by atoms with Gasteiger partial charge in [-0.3, -0.25) is 9.59 Å². The van der Waals surface area contributed by atoms with Crippen LogP contribution < -0.4 is 5.32 Å². The molecule has 0 aromatic carbocycles. The first-order chi connectivity index (χ1) is 9.04. The molecular formula is C14H21NO4. The van der Waals surface area contributed by atoms with Crippen LogP contribution in [0.1, 0.15) is 19.8 Å². The fraction of sp³-hybridized carbons (Fsp3) is 0.714. The first-order valence-electron chi connectivity index (χ1n) is 6.84. The number of carbonyl (C=O) groups is 2. The molecule has 0 spiro atoms. The fourth-order valence-corrected chi connectivity index (χ4v) is 3.23. The van der Waals surface area contributed by atoms with Crippen LogP contribution in [0, 0.1) is 29.6 Å². The highest BCUT2D eigenvalue weighted by Crippen LogP contribution is 2.48. The van der Waals surface area contributed by atoms with Gasteiger partial charge < -0.3 is 15.5 Å². The van der Waals surface area contributed by atoms with Gasteiger partial charge in [-0.05, 0) is 30.6 Å². The van der Waals surface area contributed by atoms with E-state index in [2.05, 4.69) is 5.32 Å². The number of carbonyl (C=O) groups excluding carboxylic acids is 1. The van der Waals surface area contributed by atoms with E-state index in [0.29, 0.717) is 13.0 Å². The van der Waals surface area contributed by atoms with Crippen LogP contribution >= 0.6 is 0 Å². The van der Waals surface area contributed by atoms with E-state index in [0.717, 1.165) is 6.42 Å². The lowest BCUT2D eigenvalue weighted by atomic mass is 9.82. The molecule has 0 aromatic heterocycles. The fourth-order valence-electron chi connectivity index (χ4n) is 3.23. The van der Waals surface area contributed by atoms with Gasteiger partial charge in [-0.2, -0.15) is 0 Å². The topological polar surface area (TPSA) is 86.6 Å². The molecule has 2 aliphatic carbocycles. The molecule has 2 aliphatic rings. The first kappa shape index (κ1) is 14.1. The summed E-state index contributed by atoms with van der Waals surface area (Å²) in [5, 5.41) is 20.9. The van der Waals surface area contributed by atoms with Gasteiger partial charge in [0.1, 0.15) is 0 Å². The van der Waals surface area contributed by atoms with E-state index in [1.807, 2.05) is 19.1 Å². The average molecular weight is 267 g/mol. The maximum Gasteiger partial charge on any atom is 0.307 e. The molecule has 5 heteroatoms. The summed E-state index contributed by atoms with van der Waals surface area (Å²) >= 11 is 0. The Morgan fingerprint density at radius 3 is 2.53 bits per heavy atom. The lowest BCUT2D eigenvalue weighted by Crippen LogP contribution is -2.41. The van der Waals surface area contributed by atoms with Crippen molar-refractivity contribution in [3.05, 3.63) is 12.2 Å². The minimum Gasteiger partial charge on any atom is -0.481 e. The summed E-state index contributed by atoms with van der Waals surface area (Å²) in [5.74, 6) is -1.77. The van der Waals surface area contributed by atoms with Gasteiger partial charge in [0, 0.05) is 13.2 Å². The van der Waals surface area contributed by atoms with Gasteiger partial charge in [0.05, 0.1) is 11.8 Å². The summed E-state index contributed by atoms with van der Waals surface area (Å²) in [6, 6.07) is 0. The number of hydrogen-bond donors (Lipinski definition) is 3. The number of nitrogens with one attached hydrogen (secondary N) is 1. The molecule has 1 saturated carbocycles. The second-order valence-electron chi connectivity index (χ2n) is 5.70. The van der Waals surface area contributed by atoms with Crippen molar-refractivity contribution < 1.29 is 19.8 Å². The van der Waals surface area contributed by atoms with Crippen LogP contribution in [-0.2, 0) is 9.59 Å². The Bertz CT molecular complexity index is 393. The molecule has 0 radical (unpaired) electrons. The molecule has 1 fully saturated rings. The number of hydrogen-bond acceptors (Lipinski definition) is 3. The molecule has 1 amide bonds. The molecule has 19 heavy (non-hydrogen) atoms. The highest BCUT2D eigenvalue weighted by Gasteiger charge is 2.51. The Kier molecular flexibility index (Phi) is 4.24. The molecule has 3 N–H and O–H groups in total. The monoisotopic (exact) mass is 267 g/mol. The highest BCUT2D eigenvalue weighted by molar-refractivity contribution is 5.86. The average Bonchev–Trinajstić information content (AvgIpc) is 2.96. The SMILES string of the molecule is CC(CCO)CNC(=O)[C@H]1C2C=CC(C2)[C@H]1C(=O)O. The molecular weight excluding hydrogens is 246 g/mol. The molecule has 5 atom stereocenters. The van der Waals surface area contributed by atoms with Gasteiger partial charge in [-0.15, -0.1) is 0 Å². The predicted octanol–water partition coefficient (Wildman–Crippen LogP) is 0.644. The molecule has 0 aromatic rings. The lowest BCUT2D eigenvalue weighted by Gasteiger charge is -2.24. The molecule has 106 valence electrons. The Morgan fingerprint density at radius 2 is 1.95 bits per heavy atom. The van der Waals surface area contributed by atoms with E-state index in [-0.39, 0.29) is 30.3 Å². The number of allylic oxidation sites excluding steroid dienone is 2. The van der Waals surface area contributed by atoms with Crippen molar-refractivity contribution in [2.75, 3.05) is 13.2 Å². The minimum absolute atomic E-state index is 0.00751. The van der Waals surface area contributed by atoms with Crippen LogP contribution in [0.25, 0.3) is 0 Å². The molecule has 3 unspecified atom stereocenters. The van der Waals surface area contributed by atoms with Crippen molar-refractivity contribution in [3.8, 4) is 0 Å². The summed E-state index contributed by atoms with van der Waals surface area (Å²) in [4.78, 5) is 23.5. The van der Waals surface area contributed by atoms with E-state index < -0.39 is 17.8 Å². The number of carboxylic acids is 1. The molecule has 2 bridgehead atoms.